The summed E-state index contributed by atoms with van der Waals surface area (Å²) in [4.78, 5) is 29.6. The molecule has 0 radical (unpaired) electrons. The summed E-state index contributed by atoms with van der Waals surface area (Å²) in [5.74, 6) is 0.128. The average molecular weight is 365 g/mol. The summed E-state index contributed by atoms with van der Waals surface area (Å²) in [5.41, 5.74) is 6.21. The van der Waals surface area contributed by atoms with E-state index in [4.69, 9.17) is 20.3 Å². The van der Waals surface area contributed by atoms with Crippen molar-refractivity contribution in [3.8, 4) is 0 Å². The number of imidazole rings is 1. The maximum atomic E-state index is 11.0. The highest BCUT2D eigenvalue weighted by molar-refractivity contribution is 7.46. The van der Waals surface area contributed by atoms with Gasteiger partial charge in [-0.25, -0.2) is 19.5 Å². The number of hydrogen-bond acceptors (Lipinski definition) is 9. The first-order chi connectivity index (χ1) is 10.8. The Morgan fingerprint density at radius 3 is 2.71 bits per heavy atom. The lowest BCUT2D eigenvalue weighted by molar-refractivity contribution is -0.0509. The molecule has 0 unspecified atom stereocenters. The molecule has 2 aromatic rings. The molecule has 0 aromatic carbocycles. The number of nitrogen functional groups attached to an aromatic ring is 1. The van der Waals surface area contributed by atoms with E-state index in [0.717, 1.165) is 0 Å². The van der Waals surface area contributed by atoms with E-state index in [0.29, 0.717) is 0 Å². The van der Waals surface area contributed by atoms with E-state index in [9.17, 15) is 14.8 Å². The standard InChI is InChI=1S/C10H14N5O7P.H2O/c11-8-5-9(13-2-12-8)15(3-14-5)10-6(17)7(4(1-16)21-10)22-23(18,19)20;/h2-4,6-7,10,16-17H,1H2,(H2,11,12,13)(H2,18,19,20);1H2/t4-,6-,7-,10-;/m1./s1. The molecule has 1 saturated heterocycles. The smallest absolute Gasteiger partial charge is 0.412 e. The largest absolute Gasteiger partial charge is 0.470 e. The number of ether oxygens (including phenoxy) is 1. The Morgan fingerprint density at radius 2 is 2.08 bits per heavy atom. The van der Waals surface area contributed by atoms with Gasteiger partial charge in [0.15, 0.2) is 17.7 Å². The highest BCUT2D eigenvalue weighted by atomic mass is 31.2. The highest BCUT2D eigenvalue weighted by Gasteiger charge is 2.48. The van der Waals surface area contributed by atoms with E-state index in [2.05, 4.69) is 19.5 Å². The molecule has 134 valence electrons. The minimum atomic E-state index is -4.88. The Bertz CT molecular complexity index is 765. The fraction of sp³-hybridized carbons (Fsp3) is 0.500. The van der Waals surface area contributed by atoms with E-state index in [1.807, 2.05) is 0 Å². The summed E-state index contributed by atoms with van der Waals surface area (Å²) in [5, 5.41) is 19.6. The van der Waals surface area contributed by atoms with Crippen LogP contribution in [0.4, 0.5) is 5.82 Å². The van der Waals surface area contributed by atoms with Crippen LogP contribution in [0.15, 0.2) is 12.7 Å². The van der Waals surface area contributed by atoms with Crippen LogP contribution >= 0.6 is 7.82 Å². The van der Waals surface area contributed by atoms with Crippen LogP contribution in [0, 0.1) is 0 Å². The molecule has 0 saturated carbocycles. The number of anilines is 1. The molecule has 2 aromatic heterocycles. The number of fused-ring (bicyclic) bond motifs is 1. The van der Waals surface area contributed by atoms with Crippen LogP contribution in [0.1, 0.15) is 6.23 Å². The number of aromatic nitrogens is 4. The van der Waals surface area contributed by atoms with Crippen LogP contribution in [0.2, 0.25) is 0 Å². The minimum Gasteiger partial charge on any atom is -0.412 e. The fourth-order valence-electron chi connectivity index (χ4n) is 2.44. The third kappa shape index (κ3) is 3.24. The lowest BCUT2D eigenvalue weighted by Gasteiger charge is -2.19. The molecule has 13 nitrogen and oxygen atoms in total. The van der Waals surface area contributed by atoms with Crippen molar-refractivity contribution in [2.24, 2.45) is 0 Å². The van der Waals surface area contributed by atoms with Crippen molar-refractivity contribution in [3.05, 3.63) is 12.7 Å². The SMILES string of the molecule is Nc1ncnc2c1ncn2[C@@H]1O[C@H](CO)[C@@H](OP(=O)(O)O)[C@H]1O.O. The van der Waals surface area contributed by atoms with Crippen LogP contribution < -0.4 is 5.73 Å². The first-order valence-corrected chi connectivity index (χ1v) is 7.96. The van der Waals surface area contributed by atoms with E-state index in [1.54, 1.807) is 0 Å². The lowest BCUT2D eigenvalue weighted by Crippen LogP contribution is -2.35. The average Bonchev–Trinajstić information content (AvgIpc) is 3.01. The van der Waals surface area contributed by atoms with Crippen LogP contribution in [0.3, 0.4) is 0 Å². The normalized spacial score (nSPS) is 27.3. The fourth-order valence-corrected chi connectivity index (χ4v) is 3.02. The lowest BCUT2D eigenvalue weighted by atomic mass is 10.1. The Labute approximate surface area is 134 Å². The monoisotopic (exact) mass is 365 g/mol. The van der Waals surface area contributed by atoms with E-state index in [1.165, 1.54) is 17.2 Å². The number of hydrogen-bond donors (Lipinski definition) is 5. The first-order valence-electron chi connectivity index (χ1n) is 6.43. The summed E-state index contributed by atoms with van der Waals surface area (Å²) in [6, 6.07) is 0. The predicted octanol–water partition coefficient (Wildman–Crippen LogP) is -2.69. The van der Waals surface area contributed by atoms with Gasteiger partial charge in [0.25, 0.3) is 0 Å². The second-order valence-corrected chi connectivity index (χ2v) is 6.07. The van der Waals surface area contributed by atoms with Gasteiger partial charge in [0, 0.05) is 0 Å². The van der Waals surface area contributed by atoms with Gasteiger partial charge in [-0.3, -0.25) is 9.09 Å². The second-order valence-electron chi connectivity index (χ2n) is 4.88. The molecule has 8 N–H and O–H groups in total. The molecule has 14 heteroatoms. The van der Waals surface area contributed by atoms with Gasteiger partial charge < -0.3 is 35.9 Å². The van der Waals surface area contributed by atoms with Gasteiger partial charge in [0.05, 0.1) is 12.9 Å². The number of aliphatic hydroxyl groups excluding tert-OH is 2. The molecular weight excluding hydrogens is 349 g/mol. The molecule has 0 spiro atoms. The molecule has 1 aliphatic rings. The quantitative estimate of drug-likeness (QED) is 0.351. The van der Waals surface area contributed by atoms with Crippen LogP contribution in [0.5, 0.6) is 0 Å². The predicted molar refractivity (Wildman–Crippen MR) is 77.3 cm³/mol. The molecule has 0 amide bonds. The molecule has 0 aliphatic carbocycles. The zero-order valence-electron chi connectivity index (χ0n) is 12.0. The summed E-state index contributed by atoms with van der Waals surface area (Å²) in [6.45, 7) is -0.609. The Kier molecular flexibility index (Phi) is 5.17. The van der Waals surface area contributed by atoms with Crippen LogP contribution in [0.25, 0.3) is 11.2 Å². The number of aliphatic hydroxyl groups is 2. The third-order valence-electron chi connectivity index (χ3n) is 3.41. The second kappa shape index (κ2) is 6.66. The summed E-state index contributed by atoms with van der Waals surface area (Å²) >= 11 is 0. The number of nitrogens with two attached hydrogens (primary N) is 1. The maximum absolute atomic E-state index is 11.0. The summed E-state index contributed by atoms with van der Waals surface area (Å²) in [7, 11) is -4.88. The Hall–Kier alpha value is -1.70. The van der Waals surface area contributed by atoms with Crippen molar-refractivity contribution in [1.82, 2.24) is 19.5 Å². The van der Waals surface area contributed by atoms with Crippen molar-refractivity contribution >= 4 is 24.8 Å². The number of nitrogens with zero attached hydrogens (tertiary/aromatic N) is 4. The molecule has 24 heavy (non-hydrogen) atoms. The molecular formula is C10H16N5O8P. The van der Waals surface area contributed by atoms with Crippen molar-refractivity contribution < 1.29 is 39.3 Å². The summed E-state index contributed by atoms with van der Waals surface area (Å²) in [6.07, 6.45) is -2.68. The van der Waals surface area contributed by atoms with E-state index < -0.39 is 39.0 Å². The highest BCUT2D eigenvalue weighted by Crippen LogP contribution is 2.44. The first kappa shape index (κ1) is 18.6. The van der Waals surface area contributed by atoms with Gasteiger partial charge in [0.2, 0.25) is 0 Å². The van der Waals surface area contributed by atoms with Crippen molar-refractivity contribution in [1.29, 1.82) is 0 Å². The molecule has 1 fully saturated rings. The van der Waals surface area contributed by atoms with Gasteiger partial charge in [0.1, 0.15) is 30.2 Å². The van der Waals surface area contributed by atoms with Gasteiger partial charge >= 0.3 is 7.82 Å². The number of phosphoric ester groups is 1. The van der Waals surface area contributed by atoms with Crippen molar-refractivity contribution in [2.75, 3.05) is 12.3 Å². The van der Waals surface area contributed by atoms with Gasteiger partial charge in [-0.2, -0.15) is 0 Å². The summed E-state index contributed by atoms with van der Waals surface area (Å²) < 4.78 is 22.3. The number of rotatable bonds is 4. The van der Waals surface area contributed by atoms with Gasteiger partial charge in [-0.05, 0) is 0 Å². The minimum absolute atomic E-state index is 0. The number of phosphoric acid groups is 1. The van der Waals surface area contributed by atoms with Crippen LogP contribution in [-0.2, 0) is 13.8 Å². The van der Waals surface area contributed by atoms with E-state index >= 15 is 0 Å². The Morgan fingerprint density at radius 1 is 1.38 bits per heavy atom. The van der Waals surface area contributed by atoms with Crippen LogP contribution in [-0.4, -0.2) is 69.9 Å². The topological polar surface area (TPSA) is 218 Å². The molecule has 1 aliphatic heterocycles. The zero-order chi connectivity index (χ0) is 16.8. The maximum Gasteiger partial charge on any atom is 0.470 e. The van der Waals surface area contributed by atoms with Crippen molar-refractivity contribution in [3.63, 3.8) is 0 Å². The molecule has 3 heterocycles. The third-order valence-corrected chi connectivity index (χ3v) is 3.93. The molecule has 4 atom stereocenters. The van der Waals surface area contributed by atoms with Crippen molar-refractivity contribution in [2.45, 2.75) is 24.5 Å². The molecule has 0 bridgehead atoms. The molecule has 3 rings (SSSR count). The Balaban J connectivity index is 0.00000208. The van der Waals surface area contributed by atoms with Gasteiger partial charge in [-0.15, -0.1) is 0 Å². The zero-order valence-corrected chi connectivity index (χ0v) is 12.9. The van der Waals surface area contributed by atoms with Gasteiger partial charge in [-0.1, -0.05) is 0 Å². The van der Waals surface area contributed by atoms with E-state index in [-0.39, 0.29) is 22.5 Å².